The number of ether oxygens (including phenoxy) is 1. The van der Waals surface area contributed by atoms with E-state index in [1.165, 1.54) is 4.57 Å². The lowest BCUT2D eigenvalue weighted by atomic mass is 10.1. The van der Waals surface area contributed by atoms with Crippen molar-refractivity contribution in [2.24, 2.45) is 0 Å². The van der Waals surface area contributed by atoms with Crippen LogP contribution >= 0.6 is 0 Å². The van der Waals surface area contributed by atoms with E-state index in [-0.39, 0.29) is 11.9 Å². The van der Waals surface area contributed by atoms with E-state index in [0.29, 0.717) is 23.1 Å². The molecule has 7 nitrogen and oxygen atoms in total. The van der Waals surface area contributed by atoms with Gasteiger partial charge < -0.3 is 19.6 Å². The number of rotatable bonds is 4. The molecule has 144 valence electrons. The smallest absolute Gasteiger partial charge is 0.316 e. The topological polar surface area (TPSA) is 93.2 Å². The quantitative estimate of drug-likeness (QED) is 0.679. The van der Waals surface area contributed by atoms with E-state index in [2.05, 4.69) is 10.3 Å². The highest BCUT2D eigenvalue weighted by Crippen LogP contribution is 2.36. The van der Waals surface area contributed by atoms with Crippen LogP contribution in [-0.4, -0.2) is 22.6 Å². The van der Waals surface area contributed by atoms with Crippen molar-refractivity contribution in [3.05, 3.63) is 73.8 Å². The minimum absolute atomic E-state index is 0.0862. The molecule has 1 amide bonds. The Bertz CT molecular complexity index is 1190. The summed E-state index contributed by atoms with van der Waals surface area (Å²) >= 11 is 0. The summed E-state index contributed by atoms with van der Waals surface area (Å²) in [6.45, 7) is 2.18. The number of fused-ring (bicyclic) bond motifs is 2. The average Bonchev–Trinajstić information content (AvgIpc) is 3.11. The molecule has 2 aromatic carbocycles. The minimum Gasteiger partial charge on any atom is -0.496 e. The Balaban J connectivity index is 1.65. The van der Waals surface area contributed by atoms with Crippen molar-refractivity contribution in [3.8, 4) is 5.75 Å². The molecule has 0 fully saturated rings. The van der Waals surface area contributed by atoms with Crippen LogP contribution in [-0.2, 0) is 13.0 Å². The standard InChI is InChI=1S/C21H21N3O4/c1-3-24-17-10-7-12(11-16(17)23-20(26)21(24)27)19(25)22-15-9-8-14-13(15)5-4-6-18(14)28-2/h4-7,10-11,15H,3,8-9H2,1-2H3,(H,22,25)(H,23,26). The highest BCUT2D eigenvalue weighted by molar-refractivity contribution is 5.97. The van der Waals surface area contributed by atoms with Gasteiger partial charge in [-0.3, -0.25) is 14.4 Å². The van der Waals surface area contributed by atoms with Crippen molar-refractivity contribution >= 4 is 16.9 Å². The van der Waals surface area contributed by atoms with Crippen molar-refractivity contribution in [1.82, 2.24) is 14.9 Å². The molecule has 3 aromatic rings. The Morgan fingerprint density at radius 1 is 1.29 bits per heavy atom. The van der Waals surface area contributed by atoms with Gasteiger partial charge in [-0.05, 0) is 55.2 Å². The number of hydrogen-bond donors (Lipinski definition) is 2. The summed E-state index contributed by atoms with van der Waals surface area (Å²) in [5.41, 5.74) is 2.41. The number of benzene rings is 2. The maximum atomic E-state index is 12.8. The molecule has 4 rings (SSSR count). The molecule has 0 saturated heterocycles. The van der Waals surface area contributed by atoms with Crippen LogP contribution < -0.4 is 21.2 Å². The number of amides is 1. The number of carbonyl (C=O) groups is 1. The van der Waals surface area contributed by atoms with E-state index in [9.17, 15) is 14.4 Å². The van der Waals surface area contributed by atoms with E-state index < -0.39 is 11.1 Å². The van der Waals surface area contributed by atoms with Gasteiger partial charge in [-0.1, -0.05) is 12.1 Å². The van der Waals surface area contributed by atoms with Gasteiger partial charge in [0.25, 0.3) is 5.91 Å². The molecule has 0 saturated carbocycles. The number of hydrogen-bond acceptors (Lipinski definition) is 4. The molecule has 1 atom stereocenters. The van der Waals surface area contributed by atoms with E-state index in [0.717, 1.165) is 29.7 Å². The first-order valence-corrected chi connectivity index (χ1v) is 9.27. The summed E-state index contributed by atoms with van der Waals surface area (Å²) in [5, 5.41) is 3.07. The van der Waals surface area contributed by atoms with Crippen molar-refractivity contribution in [1.29, 1.82) is 0 Å². The lowest BCUT2D eigenvalue weighted by molar-refractivity contribution is 0.0937. The van der Waals surface area contributed by atoms with Gasteiger partial charge in [-0.15, -0.1) is 0 Å². The van der Waals surface area contributed by atoms with Gasteiger partial charge in [-0.2, -0.15) is 0 Å². The molecule has 0 radical (unpaired) electrons. The van der Waals surface area contributed by atoms with Gasteiger partial charge >= 0.3 is 11.1 Å². The third kappa shape index (κ3) is 2.89. The number of aromatic amines is 1. The number of aromatic nitrogens is 2. The predicted octanol–water partition coefficient (Wildman–Crippen LogP) is 2.14. The zero-order valence-corrected chi connectivity index (χ0v) is 15.7. The number of carbonyl (C=O) groups excluding carboxylic acids is 1. The van der Waals surface area contributed by atoms with Gasteiger partial charge in [0.15, 0.2) is 0 Å². The van der Waals surface area contributed by atoms with Crippen LogP contribution in [0.5, 0.6) is 5.75 Å². The Morgan fingerprint density at radius 2 is 2.11 bits per heavy atom. The van der Waals surface area contributed by atoms with Crippen LogP contribution in [0.2, 0.25) is 0 Å². The largest absolute Gasteiger partial charge is 0.496 e. The highest BCUT2D eigenvalue weighted by atomic mass is 16.5. The molecule has 2 N–H and O–H groups in total. The molecule has 0 bridgehead atoms. The fourth-order valence-corrected chi connectivity index (χ4v) is 3.94. The molecule has 1 unspecified atom stereocenters. The molecule has 0 aliphatic heterocycles. The molecule has 1 aliphatic carbocycles. The zero-order valence-electron chi connectivity index (χ0n) is 15.7. The van der Waals surface area contributed by atoms with Crippen LogP contribution in [0.1, 0.15) is 40.9 Å². The third-order valence-corrected chi connectivity index (χ3v) is 5.31. The molecular weight excluding hydrogens is 358 g/mol. The van der Waals surface area contributed by atoms with E-state index in [1.54, 1.807) is 32.2 Å². The van der Waals surface area contributed by atoms with Gasteiger partial charge in [-0.25, -0.2) is 0 Å². The molecule has 28 heavy (non-hydrogen) atoms. The number of nitrogens with one attached hydrogen (secondary N) is 2. The van der Waals surface area contributed by atoms with Crippen LogP contribution in [0.4, 0.5) is 0 Å². The first-order chi connectivity index (χ1) is 13.5. The maximum Gasteiger partial charge on any atom is 0.316 e. The Labute approximate surface area is 161 Å². The monoisotopic (exact) mass is 379 g/mol. The van der Waals surface area contributed by atoms with Crippen LogP contribution in [0.15, 0.2) is 46.0 Å². The number of nitrogens with zero attached hydrogens (tertiary/aromatic N) is 1. The summed E-state index contributed by atoms with van der Waals surface area (Å²) in [6, 6.07) is 10.7. The van der Waals surface area contributed by atoms with Crippen LogP contribution in [0.25, 0.3) is 11.0 Å². The fraction of sp³-hybridized carbons (Fsp3) is 0.286. The van der Waals surface area contributed by atoms with E-state index >= 15 is 0 Å². The van der Waals surface area contributed by atoms with Crippen LogP contribution in [0.3, 0.4) is 0 Å². The molecular formula is C21H21N3O4. The lowest BCUT2D eigenvalue weighted by Crippen LogP contribution is -2.36. The Kier molecular flexibility index (Phi) is 4.50. The van der Waals surface area contributed by atoms with Gasteiger partial charge in [0.1, 0.15) is 5.75 Å². The van der Waals surface area contributed by atoms with Crippen molar-refractivity contribution in [2.75, 3.05) is 7.11 Å². The highest BCUT2D eigenvalue weighted by Gasteiger charge is 2.26. The fourth-order valence-electron chi connectivity index (χ4n) is 3.94. The zero-order chi connectivity index (χ0) is 19.8. The van der Waals surface area contributed by atoms with Gasteiger partial charge in [0.05, 0.1) is 24.2 Å². The lowest BCUT2D eigenvalue weighted by Gasteiger charge is -2.15. The minimum atomic E-state index is -0.691. The normalized spacial score (nSPS) is 15.4. The molecule has 1 heterocycles. The third-order valence-electron chi connectivity index (χ3n) is 5.31. The summed E-state index contributed by atoms with van der Waals surface area (Å²) in [7, 11) is 1.65. The number of aryl methyl sites for hydroxylation is 1. The maximum absolute atomic E-state index is 12.8. The number of methoxy groups -OCH3 is 1. The van der Waals surface area contributed by atoms with Crippen molar-refractivity contribution in [3.63, 3.8) is 0 Å². The molecule has 1 aromatic heterocycles. The molecule has 1 aliphatic rings. The molecule has 7 heteroatoms. The van der Waals surface area contributed by atoms with E-state index in [1.807, 2.05) is 18.2 Å². The SMILES string of the molecule is CCn1c(=O)c(=O)[nH]c2cc(C(=O)NC3CCc4c(OC)cccc43)ccc21. The van der Waals surface area contributed by atoms with Crippen LogP contribution in [0, 0.1) is 0 Å². The Hall–Kier alpha value is -3.35. The summed E-state index contributed by atoms with van der Waals surface area (Å²) in [4.78, 5) is 39.2. The molecule has 0 spiro atoms. The summed E-state index contributed by atoms with van der Waals surface area (Å²) in [6.07, 6.45) is 1.65. The van der Waals surface area contributed by atoms with Gasteiger partial charge in [0, 0.05) is 12.1 Å². The van der Waals surface area contributed by atoms with Crippen molar-refractivity contribution in [2.45, 2.75) is 32.4 Å². The van der Waals surface area contributed by atoms with E-state index in [4.69, 9.17) is 4.74 Å². The second-order valence-corrected chi connectivity index (χ2v) is 6.83. The second kappa shape index (κ2) is 6.99. The Morgan fingerprint density at radius 3 is 2.86 bits per heavy atom. The number of H-pyrrole nitrogens is 1. The summed E-state index contributed by atoms with van der Waals surface area (Å²) in [5.74, 6) is 0.618. The summed E-state index contributed by atoms with van der Waals surface area (Å²) < 4.78 is 6.81. The van der Waals surface area contributed by atoms with Gasteiger partial charge in [0.2, 0.25) is 0 Å². The predicted molar refractivity (Wildman–Crippen MR) is 106 cm³/mol. The first kappa shape index (κ1) is 18.0. The second-order valence-electron chi connectivity index (χ2n) is 6.83. The first-order valence-electron chi connectivity index (χ1n) is 9.27. The average molecular weight is 379 g/mol. The van der Waals surface area contributed by atoms with Crippen molar-refractivity contribution < 1.29 is 9.53 Å².